The summed E-state index contributed by atoms with van der Waals surface area (Å²) < 4.78 is 1.69. The number of aryl methyl sites for hydroxylation is 1. The summed E-state index contributed by atoms with van der Waals surface area (Å²) in [6.07, 6.45) is 2.88. The molecule has 2 aliphatic rings. The number of aliphatic hydroxyl groups excluding tert-OH is 1. The van der Waals surface area contributed by atoms with Crippen LogP contribution in [-0.2, 0) is 11.3 Å². The van der Waals surface area contributed by atoms with Gasteiger partial charge < -0.3 is 10.0 Å². The maximum absolute atomic E-state index is 12.5. The molecule has 0 aromatic carbocycles. The lowest BCUT2D eigenvalue weighted by Crippen LogP contribution is -2.54. The maximum atomic E-state index is 12.5. The fraction of sp³-hybridized carbons (Fsp3) is 0.750. The van der Waals surface area contributed by atoms with E-state index in [1.165, 1.54) is 0 Å². The summed E-state index contributed by atoms with van der Waals surface area (Å²) in [6.45, 7) is 7.09. The number of piperazine rings is 1. The van der Waals surface area contributed by atoms with E-state index in [0.717, 1.165) is 56.8 Å². The van der Waals surface area contributed by atoms with Crippen LogP contribution in [0.15, 0.2) is 0 Å². The van der Waals surface area contributed by atoms with Gasteiger partial charge in [-0.3, -0.25) is 14.4 Å². The van der Waals surface area contributed by atoms with E-state index in [4.69, 9.17) is 11.6 Å². The quantitative estimate of drug-likeness (QED) is 0.898. The molecule has 128 valence electrons. The lowest BCUT2D eigenvalue weighted by molar-refractivity contribution is -0.134. The molecule has 3 rings (SSSR count). The summed E-state index contributed by atoms with van der Waals surface area (Å²) in [6, 6.07) is 0.280. The molecular formula is C16H25ClN4O2. The Balaban J connectivity index is 1.55. The summed E-state index contributed by atoms with van der Waals surface area (Å²) in [5, 5.41) is 15.0. The predicted molar refractivity (Wildman–Crippen MR) is 88.5 cm³/mol. The Morgan fingerprint density at radius 3 is 2.48 bits per heavy atom. The number of carbonyl (C=O) groups is 1. The minimum absolute atomic E-state index is 0.0823. The number of halogens is 1. The molecule has 1 saturated carbocycles. The van der Waals surface area contributed by atoms with E-state index < -0.39 is 0 Å². The maximum Gasteiger partial charge on any atom is 0.244 e. The number of rotatable bonds is 3. The first-order valence-electron chi connectivity index (χ1n) is 8.36. The van der Waals surface area contributed by atoms with Crippen LogP contribution in [0, 0.1) is 13.8 Å². The van der Waals surface area contributed by atoms with Crippen molar-refractivity contribution in [3.8, 4) is 0 Å². The van der Waals surface area contributed by atoms with Crippen molar-refractivity contribution in [2.24, 2.45) is 0 Å². The standard InChI is InChI=1S/C16H25ClN4O2/c1-11-16(17)12(2)21(18-11)10-15(23)20-8-6-19(7-9-20)13-4-3-5-14(13)22/h13-14,22H,3-10H2,1-2H3/t13-,14-/m1/s1. The highest BCUT2D eigenvalue weighted by Gasteiger charge is 2.33. The summed E-state index contributed by atoms with van der Waals surface area (Å²) >= 11 is 6.13. The van der Waals surface area contributed by atoms with Crippen molar-refractivity contribution < 1.29 is 9.90 Å². The van der Waals surface area contributed by atoms with E-state index in [1.807, 2.05) is 18.7 Å². The molecule has 2 heterocycles. The molecular weight excluding hydrogens is 316 g/mol. The van der Waals surface area contributed by atoms with Gasteiger partial charge in [-0.1, -0.05) is 11.6 Å². The van der Waals surface area contributed by atoms with Crippen LogP contribution in [0.5, 0.6) is 0 Å². The highest BCUT2D eigenvalue weighted by atomic mass is 35.5. The molecule has 7 heteroatoms. The second-order valence-electron chi connectivity index (χ2n) is 6.62. The van der Waals surface area contributed by atoms with Crippen molar-refractivity contribution >= 4 is 17.5 Å². The molecule has 1 aliphatic heterocycles. The molecule has 0 unspecified atom stereocenters. The first-order valence-corrected chi connectivity index (χ1v) is 8.74. The van der Waals surface area contributed by atoms with Gasteiger partial charge in [0.15, 0.2) is 0 Å². The zero-order valence-electron chi connectivity index (χ0n) is 13.8. The van der Waals surface area contributed by atoms with Gasteiger partial charge in [0.05, 0.1) is 22.5 Å². The van der Waals surface area contributed by atoms with Crippen molar-refractivity contribution in [2.75, 3.05) is 26.2 Å². The zero-order chi connectivity index (χ0) is 16.6. The van der Waals surface area contributed by atoms with Crippen molar-refractivity contribution in [1.82, 2.24) is 19.6 Å². The molecule has 0 bridgehead atoms. The summed E-state index contributed by atoms with van der Waals surface area (Å²) in [4.78, 5) is 16.7. The molecule has 1 aromatic heterocycles. The molecule has 2 fully saturated rings. The van der Waals surface area contributed by atoms with E-state index in [9.17, 15) is 9.90 Å². The van der Waals surface area contributed by atoms with Crippen molar-refractivity contribution in [2.45, 2.75) is 51.8 Å². The third-order valence-corrected chi connectivity index (χ3v) is 5.71. The Kier molecular flexibility index (Phi) is 4.94. The zero-order valence-corrected chi connectivity index (χ0v) is 14.6. The van der Waals surface area contributed by atoms with Crippen LogP contribution in [0.25, 0.3) is 0 Å². The Morgan fingerprint density at radius 2 is 1.96 bits per heavy atom. The smallest absolute Gasteiger partial charge is 0.244 e. The molecule has 1 saturated heterocycles. The van der Waals surface area contributed by atoms with E-state index >= 15 is 0 Å². The molecule has 2 atom stereocenters. The van der Waals surface area contributed by atoms with Gasteiger partial charge in [-0.05, 0) is 33.1 Å². The highest BCUT2D eigenvalue weighted by molar-refractivity contribution is 6.31. The first kappa shape index (κ1) is 16.7. The van der Waals surface area contributed by atoms with Gasteiger partial charge in [0.25, 0.3) is 0 Å². The second-order valence-corrected chi connectivity index (χ2v) is 7.00. The van der Waals surface area contributed by atoms with E-state index in [-0.39, 0.29) is 24.6 Å². The fourth-order valence-electron chi connectivity index (χ4n) is 3.71. The average molecular weight is 341 g/mol. The van der Waals surface area contributed by atoms with Gasteiger partial charge in [-0.25, -0.2) is 0 Å². The van der Waals surface area contributed by atoms with Gasteiger partial charge >= 0.3 is 0 Å². The van der Waals surface area contributed by atoms with Crippen molar-refractivity contribution in [3.63, 3.8) is 0 Å². The molecule has 1 amide bonds. The molecule has 0 spiro atoms. The summed E-state index contributed by atoms with van der Waals surface area (Å²) in [5.74, 6) is 0.0823. The van der Waals surface area contributed by atoms with E-state index in [1.54, 1.807) is 4.68 Å². The van der Waals surface area contributed by atoms with Crippen LogP contribution in [0.1, 0.15) is 30.7 Å². The molecule has 6 nitrogen and oxygen atoms in total. The third-order valence-electron chi connectivity index (χ3n) is 5.16. The van der Waals surface area contributed by atoms with Crippen LogP contribution >= 0.6 is 11.6 Å². The molecule has 23 heavy (non-hydrogen) atoms. The molecule has 1 N–H and O–H groups in total. The van der Waals surface area contributed by atoms with Crippen molar-refractivity contribution in [1.29, 1.82) is 0 Å². The lowest BCUT2D eigenvalue weighted by atomic mass is 10.1. The van der Waals surface area contributed by atoms with E-state index in [0.29, 0.717) is 5.02 Å². The number of hydrogen-bond acceptors (Lipinski definition) is 4. The monoisotopic (exact) mass is 340 g/mol. The Hall–Kier alpha value is -1.11. The van der Waals surface area contributed by atoms with Gasteiger partial charge in [0.1, 0.15) is 6.54 Å². The highest BCUT2D eigenvalue weighted by Crippen LogP contribution is 2.25. The Labute approximate surface area is 142 Å². The average Bonchev–Trinajstić information content (AvgIpc) is 3.07. The minimum atomic E-state index is -0.200. The summed E-state index contributed by atoms with van der Waals surface area (Å²) in [5.41, 5.74) is 1.60. The molecule has 0 radical (unpaired) electrons. The van der Waals surface area contributed by atoms with Gasteiger partial charge in [0, 0.05) is 32.2 Å². The third kappa shape index (κ3) is 3.39. The normalized spacial score (nSPS) is 26.0. The van der Waals surface area contributed by atoms with Crippen LogP contribution in [0.3, 0.4) is 0 Å². The Bertz CT molecular complexity index is 581. The topological polar surface area (TPSA) is 61.6 Å². The lowest BCUT2D eigenvalue weighted by Gasteiger charge is -2.39. The number of aliphatic hydroxyl groups is 1. The summed E-state index contributed by atoms with van der Waals surface area (Å²) in [7, 11) is 0. The van der Waals surface area contributed by atoms with Crippen LogP contribution < -0.4 is 0 Å². The van der Waals surface area contributed by atoms with E-state index in [2.05, 4.69) is 10.00 Å². The fourth-order valence-corrected chi connectivity index (χ4v) is 3.84. The van der Waals surface area contributed by atoms with Crippen LogP contribution in [-0.4, -0.2) is 68.9 Å². The van der Waals surface area contributed by atoms with Crippen LogP contribution in [0.2, 0.25) is 5.02 Å². The molecule has 1 aliphatic carbocycles. The van der Waals surface area contributed by atoms with Gasteiger partial charge in [0.2, 0.25) is 5.91 Å². The van der Waals surface area contributed by atoms with Gasteiger partial charge in [-0.2, -0.15) is 5.10 Å². The number of hydrogen-bond donors (Lipinski definition) is 1. The molecule has 1 aromatic rings. The predicted octanol–water partition coefficient (Wildman–Crippen LogP) is 1.21. The number of aromatic nitrogens is 2. The minimum Gasteiger partial charge on any atom is -0.391 e. The Morgan fingerprint density at radius 1 is 1.26 bits per heavy atom. The number of carbonyl (C=O) groups excluding carboxylic acids is 1. The number of amides is 1. The first-order chi connectivity index (χ1) is 11.0. The second kappa shape index (κ2) is 6.79. The van der Waals surface area contributed by atoms with Gasteiger partial charge in [-0.15, -0.1) is 0 Å². The van der Waals surface area contributed by atoms with Crippen LogP contribution in [0.4, 0.5) is 0 Å². The SMILES string of the molecule is Cc1nn(CC(=O)N2CCN([C@@H]3CCC[C@H]3O)CC2)c(C)c1Cl. The van der Waals surface area contributed by atoms with Crippen molar-refractivity contribution in [3.05, 3.63) is 16.4 Å². The number of nitrogens with zero attached hydrogens (tertiary/aromatic N) is 4. The largest absolute Gasteiger partial charge is 0.391 e.